The lowest BCUT2D eigenvalue weighted by Crippen LogP contribution is -2.17. The third-order valence-corrected chi connectivity index (χ3v) is 4.24. The van der Waals surface area contributed by atoms with E-state index < -0.39 is 0 Å². The smallest absolute Gasteiger partial charge is 0.132 e. The largest absolute Gasteiger partial charge is 0.373 e. The molecule has 0 amide bonds. The van der Waals surface area contributed by atoms with Crippen molar-refractivity contribution in [2.45, 2.75) is 44.9 Å². The van der Waals surface area contributed by atoms with Gasteiger partial charge in [-0.25, -0.2) is 9.97 Å². The summed E-state index contributed by atoms with van der Waals surface area (Å²) in [5.74, 6) is 1.27. The molecule has 1 N–H and O–H groups in total. The monoisotopic (exact) mass is 282 g/mol. The molecule has 0 aromatic carbocycles. The van der Waals surface area contributed by atoms with Crippen LogP contribution >= 0.6 is 0 Å². The van der Waals surface area contributed by atoms with Gasteiger partial charge in [0.15, 0.2) is 0 Å². The van der Waals surface area contributed by atoms with Gasteiger partial charge in [0.05, 0.1) is 11.4 Å². The third-order valence-electron chi connectivity index (χ3n) is 4.24. The average Bonchev–Trinajstić information content (AvgIpc) is 2.55. The van der Waals surface area contributed by atoms with Gasteiger partial charge < -0.3 is 5.32 Å². The zero-order chi connectivity index (χ0) is 14.7. The Labute approximate surface area is 126 Å². The van der Waals surface area contributed by atoms with Crippen LogP contribution in [0.1, 0.15) is 54.6 Å². The van der Waals surface area contributed by atoms with Crippen LogP contribution in [-0.2, 0) is 12.8 Å². The number of pyridine rings is 1. The van der Waals surface area contributed by atoms with Gasteiger partial charge in [0.2, 0.25) is 0 Å². The predicted octanol–water partition coefficient (Wildman–Crippen LogP) is 3.33. The molecule has 0 spiro atoms. The average molecular weight is 282 g/mol. The molecule has 21 heavy (non-hydrogen) atoms. The molecule has 0 bridgehead atoms. The molecule has 0 aliphatic heterocycles. The van der Waals surface area contributed by atoms with Crippen LogP contribution in [0, 0.1) is 0 Å². The van der Waals surface area contributed by atoms with Crippen molar-refractivity contribution in [3.63, 3.8) is 0 Å². The zero-order valence-electron chi connectivity index (χ0n) is 12.8. The maximum absolute atomic E-state index is 4.65. The lowest BCUT2D eigenvalue weighted by Gasteiger charge is -2.26. The summed E-state index contributed by atoms with van der Waals surface area (Å²) in [6.07, 6.45) is 9.14. The zero-order valence-corrected chi connectivity index (χ0v) is 12.8. The summed E-state index contributed by atoms with van der Waals surface area (Å²) >= 11 is 0. The molecule has 3 rings (SSSR count). The molecule has 4 heteroatoms. The van der Waals surface area contributed by atoms with Crippen molar-refractivity contribution >= 4 is 5.82 Å². The Morgan fingerprint density at radius 1 is 1.24 bits per heavy atom. The van der Waals surface area contributed by atoms with Crippen molar-refractivity contribution in [3.05, 3.63) is 47.2 Å². The van der Waals surface area contributed by atoms with Crippen LogP contribution in [0.3, 0.4) is 0 Å². The highest BCUT2D eigenvalue weighted by atomic mass is 15.0. The van der Waals surface area contributed by atoms with E-state index in [0.717, 1.165) is 37.2 Å². The molecule has 110 valence electrons. The molecular formula is C17H22N4. The van der Waals surface area contributed by atoms with Crippen molar-refractivity contribution in [3.8, 4) is 0 Å². The molecule has 4 nitrogen and oxygen atoms in total. The predicted molar refractivity (Wildman–Crippen MR) is 84.6 cm³/mol. The number of nitrogens with zero attached hydrogens (tertiary/aromatic N) is 3. The van der Waals surface area contributed by atoms with E-state index in [1.165, 1.54) is 23.2 Å². The van der Waals surface area contributed by atoms with Gasteiger partial charge in [-0.05, 0) is 37.3 Å². The summed E-state index contributed by atoms with van der Waals surface area (Å²) < 4.78 is 0. The number of rotatable bonds is 4. The molecule has 2 heterocycles. The first-order valence-electron chi connectivity index (χ1n) is 7.80. The second kappa shape index (κ2) is 6.20. The maximum Gasteiger partial charge on any atom is 0.132 e. The van der Waals surface area contributed by atoms with Gasteiger partial charge in [0.1, 0.15) is 12.1 Å². The molecule has 1 atom stereocenters. The second-order valence-corrected chi connectivity index (χ2v) is 5.58. The van der Waals surface area contributed by atoms with Crippen molar-refractivity contribution in [1.29, 1.82) is 0 Å². The fraction of sp³-hybridized carbons (Fsp3) is 0.471. The van der Waals surface area contributed by atoms with Crippen LogP contribution in [0.15, 0.2) is 24.7 Å². The minimum absolute atomic E-state index is 0.312. The van der Waals surface area contributed by atoms with Gasteiger partial charge in [0, 0.05) is 24.7 Å². The number of nitrogens with one attached hydrogen (secondary N) is 1. The Morgan fingerprint density at radius 3 is 2.95 bits per heavy atom. The number of aryl methyl sites for hydroxylation is 1. The summed E-state index contributed by atoms with van der Waals surface area (Å²) in [6.45, 7) is 2.20. The Morgan fingerprint density at radius 2 is 2.14 bits per heavy atom. The van der Waals surface area contributed by atoms with E-state index in [1.807, 2.05) is 19.3 Å². The van der Waals surface area contributed by atoms with Crippen molar-refractivity contribution in [2.75, 3.05) is 12.4 Å². The lowest BCUT2D eigenvalue weighted by atomic mass is 9.82. The van der Waals surface area contributed by atoms with Crippen LogP contribution in [0.4, 0.5) is 5.82 Å². The van der Waals surface area contributed by atoms with Crippen LogP contribution in [0.5, 0.6) is 0 Å². The first kappa shape index (κ1) is 14.0. The van der Waals surface area contributed by atoms with Gasteiger partial charge in [0.25, 0.3) is 0 Å². The molecule has 2 aromatic heterocycles. The van der Waals surface area contributed by atoms with Crippen molar-refractivity contribution in [2.24, 2.45) is 0 Å². The first-order chi connectivity index (χ1) is 10.3. The minimum Gasteiger partial charge on any atom is -0.373 e. The number of aromatic nitrogens is 3. The molecule has 1 unspecified atom stereocenters. The molecule has 2 aromatic rings. The van der Waals surface area contributed by atoms with E-state index in [2.05, 4.69) is 33.3 Å². The normalized spacial score (nSPS) is 17.3. The van der Waals surface area contributed by atoms with Gasteiger partial charge in [-0.15, -0.1) is 0 Å². The summed E-state index contributed by atoms with van der Waals surface area (Å²) in [5, 5.41) is 3.21. The van der Waals surface area contributed by atoms with E-state index in [-0.39, 0.29) is 0 Å². The number of hydrogen-bond donors (Lipinski definition) is 1. The summed E-state index contributed by atoms with van der Waals surface area (Å²) in [4.78, 5) is 13.7. The lowest BCUT2D eigenvalue weighted by molar-refractivity contribution is 0.581. The standard InChI is InChI=1S/C17H22N4/c1-3-6-14-16(20-11-21-17(14)18-2)13-9-4-7-12-8-5-10-19-15(12)13/h5,8,10-11,13H,3-4,6-7,9H2,1-2H3,(H,18,20,21). The van der Waals surface area contributed by atoms with Gasteiger partial charge >= 0.3 is 0 Å². The molecule has 0 saturated carbocycles. The maximum atomic E-state index is 4.65. The Hall–Kier alpha value is -1.97. The van der Waals surface area contributed by atoms with Gasteiger partial charge in [-0.3, -0.25) is 4.98 Å². The number of fused-ring (bicyclic) bond motifs is 1. The molecule has 0 saturated heterocycles. The molecule has 1 aliphatic rings. The number of anilines is 1. The summed E-state index contributed by atoms with van der Waals surface area (Å²) in [5.41, 5.74) is 5.00. The van der Waals surface area contributed by atoms with Gasteiger partial charge in [-0.2, -0.15) is 0 Å². The summed E-state index contributed by atoms with van der Waals surface area (Å²) in [6, 6.07) is 4.24. The van der Waals surface area contributed by atoms with Crippen molar-refractivity contribution < 1.29 is 0 Å². The van der Waals surface area contributed by atoms with Crippen LogP contribution in [0.2, 0.25) is 0 Å². The summed E-state index contributed by atoms with van der Waals surface area (Å²) in [7, 11) is 1.93. The number of hydrogen-bond acceptors (Lipinski definition) is 4. The highest BCUT2D eigenvalue weighted by Crippen LogP contribution is 2.37. The van der Waals surface area contributed by atoms with Crippen molar-refractivity contribution in [1.82, 2.24) is 15.0 Å². The fourth-order valence-corrected chi connectivity index (χ4v) is 3.31. The highest BCUT2D eigenvalue weighted by molar-refractivity contribution is 5.49. The van der Waals surface area contributed by atoms with Crippen LogP contribution in [-0.4, -0.2) is 22.0 Å². The van der Waals surface area contributed by atoms with Crippen LogP contribution in [0.25, 0.3) is 0 Å². The Kier molecular flexibility index (Phi) is 4.13. The molecule has 0 fully saturated rings. The quantitative estimate of drug-likeness (QED) is 0.934. The minimum atomic E-state index is 0.312. The SMILES string of the molecule is CCCc1c(NC)ncnc1C1CCCc2cccnc21. The van der Waals surface area contributed by atoms with Gasteiger partial charge in [-0.1, -0.05) is 19.4 Å². The topological polar surface area (TPSA) is 50.7 Å². The molecule has 1 aliphatic carbocycles. The van der Waals surface area contributed by atoms with E-state index in [1.54, 1.807) is 6.33 Å². The first-order valence-corrected chi connectivity index (χ1v) is 7.80. The Balaban J connectivity index is 2.09. The van der Waals surface area contributed by atoms with E-state index in [4.69, 9.17) is 0 Å². The molecular weight excluding hydrogens is 260 g/mol. The second-order valence-electron chi connectivity index (χ2n) is 5.58. The molecule has 0 radical (unpaired) electrons. The van der Waals surface area contributed by atoms with E-state index in [0.29, 0.717) is 5.92 Å². The highest BCUT2D eigenvalue weighted by Gasteiger charge is 2.27. The van der Waals surface area contributed by atoms with Crippen LogP contribution < -0.4 is 5.32 Å². The third kappa shape index (κ3) is 2.62. The van der Waals surface area contributed by atoms with E-state index >= 15 is 0 Å². The fourth-order valence-electron chi connectivity index (χ4n) is 3.31. The Bertz CT molecular complexity index is 624. The van der Waals surface area contributed by atoms with E-state index in [9.17, 15) is 0 Å².